The standard InChI is InChI=1S/C27H23N3O4S/c28-17-19-7-1-5-11-24(19)35-25-12-6-2-8-20(25)26(31)29-13-15-30(16-14-29)27(32)23-18-33-21-9-3-4-10-22(21)34-23/h1-12,23H,13-16,18H2/t23-/m0/s1. The lowest BCUT2D eigenvalue weighted by Gasteiger charge is -2.37. The van der Waals surface area contributed by atoms with Crippen molar-refractivity contribution in [3.8, 4) is 17.6 Å². The van der Waals surface area contributed by atoms with Crippen LogP contribution in [0, 0.1) is 11.3 Å². The maximum absolute atomic E-state index is 13.4. The van der Waals surface area contributed by atoms with Gasteiger partial charge in [0.15, 0.2) is 11.5 Å². The van der Waals surface area contributed by atoms with Gasteiger partial charge in [0.05, 0.1) is 11.1 Å². The summed E-state index contributed by atoms with van der Waals surface area (Å²) in [4.78, 5) is 31.5. The van der Waals surface area contributed by atoms with E-state index in [0.717, 1.165) is 9.79 Å². The Balaban J connectivity index is 1.23. The summed E-state index contributed by atoms with van der Waals surface area (Å²) >= 11 is 1.41. The number of benzene rings is 3. The predicted octanol–water partition coefficient (Wildman–Crippen LogP) is 3.83. The number of nitriles is 1. The summed E-state index contributed by atoms with van der Waals surface area (Å²) in [6.45, 7) is 1.89. The molecule has 5 rings (SSSR count). The summed E-state index contributed by atoms with van der Waals surface area (Å²) in [5, 5.41) is 9.40. The van der Waals surface area contributed by atoms with Gasteiger partial charge in [-0.15, -0.1) is 0 Å². The van der Waals surface area contributed by atoms with Gasteiger partial charge in [-0.2, -0.15) is 5.26 Å². The summed E-state index contributed by atoms with van der Waals surface area (Å²) in [7, 11) is 0. The molecular weight excluding hydrogens is 462 g/mol. The number of piperazine rings is 1. The Morgan fingerprint density at radius 1 is 0.829 bits per heavy atom. The van der Waals surface area contributed by atoms with Crippen LogP contribution in [0.5, 0.6) is 11.5 Å². The summed E-state index contributed by atoms with van der Waals surface area (Å²) in [6, 6.07) is 24.3. The van der Waals surface area contributed by atoms with Crippen molar-refractivity contribution in [3.05, 3.63) is 83.9 Å². The first-order chi connectivity index (χ1) is 17.1. The van der Waals surface area contributed by atoms with E-state index in [1.165, 1.54) is 11.8 Å². The monoisotopic (exact) mass is 485 g/mol. The molecule has 35 heavy (non-hydrogen) atoms. The first kappa shape index (κ1) is 22.8. The molecule has 2 aliphatic heterocycles. The van der Waals surface area contributed by atoms with Crippen LogP contribution in [0.2, 0.25) is 0 Å². The minimum absolute atomic E-state index is 0.0826. The first-order valence-corrected chi connectivity index (χ1v) is 12.2. The van der Waals surface area contributed by atoms with Gasteiger partial charge < -0.3 is 19.3 Å². The first-order valence-electron chi connectivity index (χ1n) is 11.4. The van der Waals surface area contributed by atoms with Gasteiger partial charge in [-0.05, 0) is 36.4 Å². The van der Waals surface area contributed by atoms with Gasteiger partial charge in [-0.25, -0.2) is 0 Å². The highest BCUT2D eigenvalue weighted by Gasteiger charge is 2.33. The zero-order chi connectivity index (χ0) is 24.2. The number of carbonyl (C=O) groups is 2. The third-order valence-electron chi connectivity index (χ3n) is 6.01. The Labute approximate surface area is 207 Å². The van der Waals surface area contributed by atoms with Crippen LogP contribution in [0.1, 0.15) is 15.9 Å². The fraction of sp³-hybridized carbons (Fsp3) is 0.222. The molecule has 0 aliphatic carbocycles. The molecule has 0 saturated carbocycles. The SMILES string of the molecule is N#Cc1ccccc1Sc1ccccc1C(=O)N1CCN(C(=O)[C@@H]2COc3ccccc3O2)CC1. The highest BCUT2D eigenvalue weighted by atomic mass is 32.2. The molecule has 0 spiro atoms. The third kappa shape index (κ3) is 4.81. The van der Waals surface area contributed by atoms with Crippen LogP contribution in [0.25, 0.3) is 0 Å². The molecule has 0 bridgehead atoms. The number of nitrogens with zero attached hydrogens (tertiary/aromatic N) is 3. The second-order valence-corrected chi connectivity index (χ2v) is 9.27. The largest absolute Gasteiger partial charge is 0.485 e. The Bertz CT molecular complexity index is 1300. The molecule has 0 unspecified atom stereocenters. The number of hydrogen-bond acceptors (Lipinski definition) is 6. The van der Waals surface area contributed by atoms with Crippen molar-refractivity contribution >= 4 is 23.6 Å². The van der Waals surface area contributed by atoms with E-state index in [9.17, 15) is 14.9 Å². The normalized spacial score (nSPS) is 16.9. The van der Waals surface area contributed by atoms with E-state index < -0.39 is 6.10 Å². The van der Waals surface area contributed by atoms with Crippen LogP contribution >= 0.6 is 11.8 Å². The van der Waals surface area contributed by atoms with Gasteiger partial charge in [0, 0.05) is 36.0 Å². The van der Waals surface area contributed by atoms with Crippen LogP contribution in [0.3, 0.4) is 0 Å². The number of rotatable bonds is 4. The van der Waals surface area contributed by atoms with Crippen molar-refractivity contribution in [2.24, 2.45) is 0 Å². The van der Waals surface area contributed by atoms with Crippen LogP contribution in [-0.2, 0) is 4.79 Å². The second kappa shape index (κ2) is 10.1. The number of fused-ring (bicyclic) bond motifs is 1. The quantitative estimate of drug-likeness (QED) is 0.559. The molecule has 0 aromatic heterocycles. The van der Waals surface area contributed by atoms with E-state index in [2.05, 4.69) is 6.07 Å². The van der Waals surface area contributed by atoms with Gasteiger partial charge in [0.1, 0.15) is 12.7 Å². The summed E-state index contributed by atoms with van der Waals surface area (Å²) < 4.78 is 11.5. The van der Waals surface area contributed by atoms with E-state index in [0.29, 0.717) is 48.8 Å². The van der Waals surface area contributed by atoms with E-state index >= 15 is 0 Å². The molecular formula is C27H23N3O4S. The fourth-order valence-corrected chi connectivity index (χ4v) is 5.16. The smallest absolute Gasteiger partial charge is 0.267 e. The fourth-order valence-electron chi connectivity index (χ4n) is 4.14. The Kier molecular flexibility index (Phi) is 6.59. The molecule has 7 nitrogen and oxygen atoms in total. The average Bonchev–Trinajstić information content (AvgIpc) is 2.92. The average molecular weight is 486 g/mol. The molecule has 1 atom stereocenters. The summed E-state index contributed by atoms with van der Waals surface area (Å²) in [6.07, 6.45) is -0.690. The van der Waals surface area contributed by atoms with Gasteiger partial charge in [0.25, 0.3) is 11.8 Å². The van der Waals surface area contributed by atoms with E-state index in [4.69, 9.17) is 9.47 Å². The Morgan fingerprint density at radius 2 is 1.46 bits per heavy atom. The highest BCUT2D eigenvalue weighted by molar-refractivity contribution is 7.99. The Hall–Kier alpha value is -3.96. The van der Waals surface area contributed by atoms with Crippen LogP contribution < -0.4 is 9.47 Å². The third-order valence-corrected chi connectivity index (χ3v) is 7.16. The molecule has 2 heterocycles. The van der Waals surface area contributed by atoms with Crippen LogP contribution in [-0.4, -0.2) is 60.5 Å². The molecule has 3 aromatic rings. The minimum Gasteiger partial charge on any atom is -0.485 e. The topological polar surface area (TPSA) is 82.9 Å². The Morgan fingerprint density at radius 3 is 2.23 bits per heavy atom. The van der Waals surface area contributed by atoms with E-state index in [1.807, 2.05) is 60.7 Å². The number of para-hydroxylation sites is 2. The van der Waals surface area contributed by atoms with E-state index in [1.54, 1.807) is 21.9 Å². The molecule has 0 N–H and O–H groups in total. The lowest BCUT2D eigenvalue weighted by Crippen LogP contribution is -2.55. The second-order valence-electron chi connectivity index (χ2n) is 8.19. The number of ether oxygens (including phenoxy) is 2. The van der Waals surface area contributed by atoms with Crippen molar-refractivity contribution in [3.63, 3.8) is 0 Å². The molecule has 1 fully saturated rings. The van der Waals surface area contributed by atoms with Gasteiger partial charge in [0.2, 0.25) is 6.10 Å². The van der Waals surface area contributed by atoms with Crippen LogP contribution in [0.15, 0.2) is 82.6 Å². The van der Waals surface area contributed by atoms with Crippen molar-refractivity contribution in [2.75, 3.05) is 32.8 Å². The summed E-state index contributed by atoms with van der Waals surface area (Å²) in [5.74, 6) is 0.996. The lowest BCUT2D eigenvalue weighted by molar-refractivity contribution is -0.142. The molecule has 3 aromatic carbocycles. The number of carbonyl (C=O) groups excluding carboxylic acids is 2. The van der Waals surface area contributed by atoms with E-state index in [-0.39, 0.29) is 18.4 Å². The van der Waals surface area contributed by atoms with Crippen molar-refractivity contribution in [2.45, 2.75) is 15.9 Å². The van der Waals surface area contributed by atoms with Crippen molar-refractivity contribution < 1.29 is 19.1 Å². The molecule has 2 aliphatic rings. The molecule has 8 heteroatoms. The predicted molar refractivity (Wildman–Crippen MR) is 131 cm³/mol. The van der Waals surface area contributed by atoms with Crippen molar-refractivity contribution in [1.82, 2.24) is 9.80 Å². The molecule has 0 radical (unpaired) electrons. The zero-order valence-electron chi connectivity index (χ0n) is 18.9. The van der Waals surface area contributed by atoms with Gasteiger partial charge in [-0.3, -0.25) is 9.59 Å². The number of hydrogen-bond donors (Lipinski definition) is 0. The summed E-state index contributed by atoms with van der Waals surface area (Å²) in [5.41, 5.74) is 1.16. The molecule has 2 amide bonds. The van der Waals surface area contributed by atoms with Crippen molar-refractivity contribution in [1.29, 1.82) is 5.26 Å². The maximum Gasteiger partial charge on any atom is 0.267 e. The van der Waals surface area contributed by atoms with Crippen LogP contribution in [0.4, 0.5) is 0 Å². The minimum atomic E-state index is -0.690. The number of amides is 2. The molecule has 176 valence electrons. The molecule has 1 saturated heterocycles. The zero-order valence-corrected chi connectivity index (χ0v) is 19.7. The highest BCUT2D eigenvalue weighted by Crippen LogP contribution is 2.34. The maximum atomic E-state index is 13.4. The van der Waals surface area contributed by atoms with Gasteiger partial charge in [-0.1, -0.05) is 48.2 Å². The lowest BCUT2D eigenvalue weighted by atomic mass is 10.1. The van der Waals surface area contributed by atoms with Gasteiger partial charge >= 0.3 is 0 Å².